The summed E-state index contributed by atoms with van der Waals surface area (Å²) in [5, 5.41) is 0. The highest BCUT2D eigenvalue weighted by Gasteiger charge is 2.38. The van der Waals surface area contributed by atoms with Crippen molar-refractivity contribution in [2.24, 2.45) is 5.73 Å². The van der Waals surface area contributed by atoms with Crippen molar-refractivity contribution < 1.29 is 17.9 Å². The van der Waals surface area contributed by atoms with E-state index in [2.05, 4.69) is 20.7 Å². The summed E-state index contributed by atoms with van der Waals surface area (Å²) in [5.74, 6) is 0.680. The first-order valence-corrected chi connectivity index (χ1v) is 9.31. The number of halogens is 1. The smallest absolute Gasteiger partial charge is 0.244 e. The highest BCUT2D eigenvalue weighted by atomic mass is 79.9. The van der Waals surface area contributed by atoms with Crippen LogP contribution in [0.5, 0.6) is 11.5 Å². The molecule has 22 heavy (non-hydrogen) atoms. The maximum atomic E-state index is 12.8. The van der Waals surface area contributed by atoms with Crippen LogP contribution >= 0.6 is 15.9 Å². The lowest BCUT2D eigenvalue weighted by Gasteiger charge is -2.28. The molecule has 1 aromatic carbocycles. The van der Waals surface area contributed by atoms with Gasteiger partial charge in [0.15, 0.2) is 0 Å². The predicted molar refractivity (Wildman–Crippen MR) is 87.8 cm³/mol. The minimum absolute atomic E-state index is 0.0507. The van der Waals surface area contributed by atoms with Crippen molar-refractivity contribution in [3.8, 4) is 11.5 Å². The van der Waals surface area contributed by atoms with E-state index in [1.807, 2.05) is 0 Å². The summed E-state index contributed by atoms with van der Waals surface area (Å²) in [6.45, 7) is 0.280. The first kappa shape index (κ1) is 17.5. The average molecular weight is 393 g/mol. The molecule has 0 atom stereocenters. The highest BCUT2D eigenvalue weighted by molar-refractivity contribution is 9.10. The van der Waals surface area contributed by atoms with Gasteiger partial charge in [-0.05, 0) is 34.8 Å². The molecule has 124 valence electrons. The average Bonchev–Trinajstić information content (AvgIpc) is 2.95. The SMILES string of the molecule is COc1cc(S(=O)(=O)NC2(CN)CCCC2)c(OC)cc1Br. The summed E-state index contributed by atoms with van der Waals surface area (Å²) in [7, 11) is -0.849. The Morgan fingerprint density at radius 2 is 1.82 bits per heavy atom. The van der Waals surface area contributed by atoms with Gasteiger partial charge in [-0.15, -0.1) is 0 Å². The number of nitrogens with two attached hydrogens (primary N) is 1. The monoisotopic (exact) mass is 392 g/mol. The second kappa shape index (κ2) is 6.74. The minimum atomic E-state index is -3.76. The fraction of sp³-hybridized carbons (Fsp3) is 0.571. The van der Waals surface area contributed by atoms with Crippen LogP contribution in [0.1, 0.15) is 25.7 Å². The van der Waals surface area contributed by atoms with E-state index in [1.165, 1.54) is 20.3 Å². The predicted octanol–water partition coefficient (Wildman–Crippen LogP) is 2.02. The van der Waals surface area contributed by atoms with Crippen molar-refractivity contribution in [2.75, 3.05) is 20.8 Å². The molecule has 8 heteroatoms. The molecule has 1 aliphatic carbocycles. The number of hydrogen-bond acceptors (Lipinski definition) is 5. The van der Waals surface area contributed by atoms with E-state index < -0.39 is 15.6 Å². The zero-order valence-electron chi connectivity index (χ0n) is 12.7. The van der Waals surface area contributed by atoms with Gasteiger partial charge in [0.05, 0.1) is 18.7 Å². The molecule has 0 aliphatic heterocycles. The lowest BCUT2D eigenvalue weighted by molar-refractivity contribution is 0.382. The Bertz CT molecular complexity index is 642. The molecule has 1 aromatic rings. The summed E-state index contributed by atoms with van der Waals surface area (Å²) in [4.78, 5) is 0.0507. The lowest BCUT2D eigenvalue weighted by atomic mass is 10.0. The fourth-order valence-corrected chi connectivity index (χ4v) is 4.90. The van der Waals surface area contributed by atoms with Gasteiger partial charge < -0.3 is 15.2 Å². The molecule has 1 saturated carbocycles. The van der Waals surface area contributed by atoms with Gasteiger partial charge in [0.2, 0.25) is 10.0 Å². The van der Waals surface area contributed by atoms with Crippen molar-refractivity contribution in [2.45, 2.75) is 36.1 Å². The third kappa shape index (κ3) is 3.40. The lowest BCUT2D eigenvalue weighted by Crippen LogP contribution is -2.51. The van der Waals surface area contributed by atoms with Crippen LogP contribution in [0, 0.1) is 0 Å². The number of benzene rings is 1. The van der Waals surface area contributed by atoms with Crippen LogP contribution in [0.25, 0.3) is 0 Å². The Morgan fingerprint density at radius 1 is 1.23 bits per heavy atom. The van der Waals surface area contributed by atoms with Crippen LogP contribution in [-0.2, 0) is 10.0 Å². The second-order valence-corrected chi connectivity index (χ2v) is 7.94. The molecule has 0 saturated heterocycles. The van der Waals surface area contributed by atoms with E-state index in [-0.39, 0.29) is 17.2 Å². The fourth-order valence-electron chi connectivity index (χ4n) is 2.78. The van der Waals surface area contributed by atoms with Gasteiger partial charge in [0.1, 0.15) is 16.4 Å². The Morgan fingerprint density at radius 3 is 2.32 bits per heavy atom. The zero-order valence-corrected chi connectivity index (χ0v) is 15.1. The van der Waals surface area contributed by atoms with Crippen LogP contribution in [0.15, 0.2) is 21.5 Å². The van der Waals surface area contributed by atoms with E-state index in [1.54, 1.807) is 6.07 Å². The number of nitrogens with one attached hydrogen (secondary N) is 1. The maximum absolute atomic E-state index is 12.8. The van der Waals surface area contributed by atoms with Gasteiger partial charge in [-0.25, -0.2) is 13.1 Å². The molecule has 1 aliphatic rings. The van der Waals surface area contributed by atoms with Crippen LogP contribution in [0.4, 0.5) is 0 Å². The molecule has 0 amide bonds. The molecule has 0 spiro atoms. The first-order chi connectivity index (χ1) is 10.4. The summed E-state index contributed by atoms with van der Waals surface area (Å²) in [6, 6.07) is 3.03. The molecule has 2 rings (SSSR count). The van der Waals surface area contributed by atoms with Gasteiger partial charge in [-0.1, -0.05) is 12.8 Å². The maximum Gasteiger partial charge on any atom is 0.244 e. The minimum Gasteiger partial charge on any atom is -0.496 e. The standard InChI is InChI=1S/C14H21BrN2O4S/c1-20-11-8-13(12(21-2)7-10(11)15)22(18,19)17-14(9-16)5-3-4-6-14/h7-8,17H,3-6,9,16H2,1-2H3. The zero-order chi connectivity index (χ0) is 16.4. The van der Waals surface area contributed by atoms with Gasteiger partial charge >= 0.3 is 0 Å². The molecular formula is C14H21BrN2O4S. The Hall–Kier alpha value is -0.830. The van der Waals surface area contributed by atoms with Gasteiger partial charge in [0.25, 0.3) is 0 Å². The van der Waals surface area contributed by atoms with Crippen LogP contribution in [0.3, 0.4) is 0 Å². The summed E-state index contributed by atoms with van der Waals surface area (Å²) >= 11 is 3.32. The van der Waals surface area contributed by atoms with Gasteiger partial charge in [-0.3, -0.25) is 0 Å². The second-order valence-electron chi connectivity index (χ2n) is 5.43. The topological polar surface area (TPSA) is 90.7 Å². The summed E-state index contributed by atoms with van der Waals surface area (Å²) in [6.07, 6.45) is 3.44. The first-order valence-electron chi connectivity index (χ1n) is 7.03. The summed E-state index contributed by atoms with van der Waals surface area (Å²) < 4.78 is 39.4. The molecule has 0 unspecified atom stereocenters. The molecule has 0 aromatic heterocycles. The molecular weight excluding hydrogens is 372 g/mol. The van der Waals surface area contributed by atoms with Crippen LogP contribution in [0.2, 0.25) is 0 Å². The Kier molecular flexibility index (Phi) is 5.37. The van der Waals surface area contributed by atoms with Gasteiger partial charge in [0, 0.05) is 18.2 Å². The van der Waals surface area contributed by atoms with E-state index in [0.29, 0.717) is 10.2 Å². The van der Waals surface area contributed by atoms with Crippen molar-refractivity contribution in [1.82, 2.24) is 4.72 Å². The number of rotatable bonds is 6. The normalized spacial score (nSPS) is 17.5. The van der Waals surface area contributed by atoms with Crippen molar-refractivity contribution in [3.63, 3.8) is 0 Å². The van der Waals surface area contributed by atoms with Crippen molar-refractivity contribution in [3.05, 3.63) is 16.6 Å². The van der Waals surface area contributed by atoms with Crippen LogP contribution in [-0.4, -0.2) is 34.7 Å². The molecule has 1 fully saturated rings. The van der Waals surface area contributed by atoms with Gasteiger partial charge in [-0.2, -0.15) is 0 Å². The third-order valence-corrected chi connectivity index (χ3v) is 6.25. The third-order valence-electron chi connectivity index (χ3n) is 4.03. The van der Waals surface area contributed by atoms with Crippen LogP contribution < -0.4 is 19.9 Å². The quantitative estimate of drug-likeness (QED) is 0.772. The molecule has 0 bridgehead atoms. The number of ether oxygens (including phenoxy) is 2. The van der Waals surface area contributed by atoms with E-state index >= 15 is 0 Å². The molecule has 6 nitrogen and oxygen atoms in total. The van der Waals surface area contributed by atoms with E-state index in [9.17, 15) is 8.42 Å². The highest BCUT2D eigenvalue weighted by Crippen LogP contribution is 2.37. The Labute approximate surface area is 139 Å². The number of methoxy groups -OCH3 is 2. The van der Waals surface area contributed by atoms with E-state index in [4.69, 9.17) is 15.2 Å². The largest absolute Gasteiger partial charge is 0.496 e. The Balaban J connectivity index is 2.44. The molecule has 3 N–H and O–H groups in total. The van der Waals surface area contributed by atoms with E-state index in [0.717, 1.165) is 25.7 Å². The molecule has 0 radical (unpaired) electrons. The van der Waals surface area contributed by atoms with Crippen molar-refractivity contribution >= 4 is 26.0 Å². The molecule has 0 heterocycles. The number of sulfonamides is 1. The summed E-state index contributed by atoms with van der Waals surface area (Å²) in [5.41, 5.74) is 5.25. The number of hydrogen-bond donors (Lipinski definition) is 2. The van der Waals surface area contributed by atoms with Crippen molar-refractivity contribution in [1.29, 1.82) is 0 Å².